The van der Waals surface area contributed by atoms with E-state index in [1.807, 2.05) is 6.92 Å². The summed E-state index contributed by atoms with van der Waals surface area (Å²) in [7, 11) is 0. The molecule has 3 amide bonds. The summed E-state index contributed by atoms with van der Waals surface area (Å²) in [5.41, 5.74) is 8.50. The largest absolute Gasteiger partial charge is 0.352 e. The van der Waals surface area contributed by atoms with Crippen molar-refractivity contribution in [2.24, 2.45) is 11.5 Å². The lowest BCUT2D eigenvalue weighted by Crippen LogP contribution is -2.21. The van der Waals surface area contributed by atoms with Crippen LogP contribution in [0, 0.1) is 0 Å². The van der Waals surface area contributed by atoms with Crippen molar-refractivity contribution in [3.63, 3.8) is 0 Å². The Labute approximate surface area is 83.8 Å². The summed E-state index contributed by atoms with van der Waals surface area (Å²) < 4.78 is 0. The lowest BCUT2D eigenvalue weighted by atomic mass is 10.4. The normalized spacial score (nSPS) is 8.64. The molecule has 0 saturated carbocycles. The van der Waals surface area contributed by atoms with E-state index in [0.717, 1.165) is 6.42 Å². The molecule has 0 aliphatic carbocycles. The molecular weight excluding hydrogens is 182 g/mol. The Morgan fingerprint density at radius 2 is 1.93 bits per heavy atom. The quantitative estimate of drug-likeness (QED) is 0.344. The zero-order valence-electron chi connectivity index (χ0n) is 8.32. The fraction of sp³-hybridized carbons (Fsp3) is 0.333. The third-order valence-corrected chi connectivity index (χ3v) is 0.966. The van der Waals surface area contributed by atoms with Crippen LogP contribution in [0.2, 0.25) is 0 Å². The molecule has 5 nitrogen and oxygen atoms in total. The van der Waals surface area contributed by atoms with Gasteiger partial charge in [0.2, 0.25) is 5.91 Å². The van der Waals surface area contributed by atoms with E-state index in [4.69, 9.17) is 4.79 Å². The predicted octanol–water partition coefficient (Wildman–Crippen LogP) is 0.279. The molecule has 0 spiro atoms. The molecule has 0 unspecified atom stereocenters. The predicted molar refractivity (Wildman–Crippen MR) is 56.4 cm³/mol. The number of nitrogens with one attached hydrogen (secondary N) is 1. The standard InChI is InChI=1S/C8H13NO.CH4N2O/c1-3-5-7-9-8(10)6-4-2;2-1(3)4/h3-4,6H,1,5,7H2,2H3,(H,9,10);(H4,2,3,4). The third-order valence-electron chi connectivity index (χ3n) is 0.966. The molecule has 0 fully saturated rings. The van der Waals surface area contributed by atoms with Gasteiger partial charge in [0.1, 0.15) is 0 Å². The summed E-state index contributed by atoms with van der Waals surface area (Å²) in [6.45, 7) is 6.02. The highest BCUT2D eigenvalue weighted by molar-refractivity contribution is 5.87. The molecule has 0 heterocycles. The first-order chi connectivity index (χ1) is 6.54. The summed E-state index contributed by atoms with van der Waals surface area (Å²) in [4.78, 5) is 19.7. The van der Waals surface area contributed by atoms with Crippen molar-refractivity contribution in [3.8, 4) is 0 Å². The highest BCUT2D eigenvalue weighted by Crippen LogP contribution is 1.76. The molecule has 0 aromatic heterocycles. The highest BCUT2D eigenvalue weighted by Gasteiger charge is 1.89. The van der Waals surface area contributed by atoms with Gasteiger partial charge >= 0.3 is 6.03 Å². The number of nitrogens with two attached hydrogens (primary N) is 2. The Balaban J connectivity index is 0. The molecule has 0 rings (SSSR count). The third kappa shape index (κ3) is 22.5. The van der Waals surface area contributed by atoms with Crippen LogP contribution in [-0.4, -0.2) is 18.5 Å². The zero-order valence-corrected chi connectivity index (χ0v) is 8.32. The number of primary amides is 2. The Kier molecular flexibility index (Phi) is 11.8. The number of rotatable bonds is 4. The Bertz CT molecular complexity index is 208. The number of amides is 3. The molecule has 0 atom stereocenters. The summed E-state index contributed by atoms with van der Waals surface area (Å²) >= 11 is 0. The second kappa shape index (κ2) is 11.2. The van der Waals surface area contributed by atoms with Crippen LogP contribution >= 0.6 is 0 Å². The van der Waals surface area contributed by atoms with E-state index in [9.17, 15) is 4.79 Å². The molecule has 0 aliphatic heterocycles. The topological polar surface area (TPSA) is 98.2 Å². The molecule has 80 valence electrons. The minimum absolute atomic E-state index is 0.0376. The van der Waals surface area contributed by atoms with E-state index in [1.165, 1.54) is 6.08 Å². The van der Waals surface area contributed by atoms with Gasteiger partial charge in [0.05, 0.1) is 0 Å². The summed E-state index contributed by atoms with van der Waals surface area (Å²) in [6.07, 6.45) is 5.81. The molecule has 5 N–H and O–H groups in total. The van der Waals surface area contributed by atoms with Crippen molar-refractivity contribution in [2.45, 2.75) is 13.3 Å². The van der Waals surface area contributed by atoms with E-state index < -0.39 is 6.03 Å². The molecule has 0 bridgehead atoms. The first-order valence-corrected chi connectivity index (χ1v) is 4.11. The van der Waals surface area contributed by atoms with Crippen molar-refractivity contribution in [2.75, 3.05) is 6.54 Å². The van der Waals surface area contributed by atoms with Gasteiger partial charge in [0, 0.05) is 6.54 Å². The Morgan fingerprint density at radius 3 is 2.29 bits per heavy atom. The van der Waals surface area contributed by atoms with Gasteiger partial charge in [-0.1, -0.05) is 12.2 Å². The van der Waals surface area contributed by atoms with E-state index in [-0.39, 0.29) is 5.91 Å². The minimum Gasteiger partial charge on any atom is -0.352 e. The molecule has 0 aromatic carbocycles. The first-order valence-electron chi connectivity index (χ1n) is 4.11. The SMILES string of the molecule is C=CCCNC(=O)C=CC.NC(N)=O. The van der Waals surface area contributed by atoms with Crippen LogP contribution in [0.15, 0.2) is 24.8 Å². The van der Waals surface area contributed by atoms with Crippen molar-refractivity contribution in [1.29, 1.82) is 0 Å². The van der Waals surface area contributed by atoms with Crippen LogP contribution in [0.1, 0.15) is 13.3 Å². The molecule has 5 heteroatoms. The molecular formula is C9H17N3O2. The van der Waals surface area contributed by atoms with E-state index in [0.29, 0.717) is 6.54 Å². The maximum atomic E-state index is 10.7. The number of hydrogen-bond donors (Lipinski definition) is 3. The molecule has 0 radical (unpaired) electrons. The van der Waals surface area contributed by atoms with E-state index >= 15 is 0 Å². The maximum Gasteiger partial charge on any atom is 0.309 e. The van der Waals surface area contributed by atoms with Gasteiger partial charge in [-0.2, -0.15) is 0 Å². The number of carbonyl (C=O) groups is 2. The average Bonchev–Trinajstić information content (AvgIpc) is 2.04. The minimum atomic E-state index is -0.833. The van der Waals surface area contributed by atoms with Gasteiger partial charge < -0.3 is 16.8 Å². The van der Waals surface area contributed by atoms with Crippen LogP contribution in [0.25, 0.3) is 0 Å². The molecule has 0 aliphatic rings. The summed E-state index contributed by atoms with van der Waals surface area (Å²) in [5, 5.41) is 2.69. The fourth-order valence-electron chi connectivity index (χ4n) is 0.508. The van der Waals surface area contributed by atoms with Gasteiger partial charge in [-0.3, -0.25) is 4.79 Å². The van der Waals surface area contributed by atoms with Crippen LogP contribution in [-0.2, 0) is 4.79 Å². The Morgan fingerprint density at radius 1 is 1.43 bits per heavy atom. The molecule has 14 heavy (non-hydrogen) atoms. The maximum absolute atomic E-state index is 10.7. The van der Waals surface area contributed by atoms with Crippen LogP contribution in [0.4, 0.5) is 4.79 Å². The second-order valence-electron chi connectivity index (χ2n) is 2.27. The average molecular weight is 199 g/mol. The summed E-state index contributed by atoms with van der Waals surface area (Å²) in [5.74, 6) is -0.0376. The monoisotopic (exact) mass is 199 g/mol. The van der Waals surface area contributed by atoms with Crippen molar-refractivity contribution in [1.82, 2.24) is 5.32 Å². The molecule has 0 saturated heterocycles. The smallest absolute Gasteiger partial charge is 0.309 e. The zero-order chi connectivity index (χ0) is 11.4. The van der Waals surface area contributed by atoms with E-state index in [2.05, 4.69) is 23.4 Å². The second-order valence-corrected chi connectivity index (χ2v) is 2.27. The van der Waals surface area contributed by atoms with Gasteiger partial charge in [0.25, 0.3) is 0 Å². The van der Waals surface area contributed by atoms with E-state index in [1.54, 1.807) is 12.2 Å². The Hall–Kier alpha value is -1.78. The number of carbonyl (C=O) groups excluding carboxylic acids is 2. The highest BCUT2D eigenvalue weighted by atomic mass is 16.2. The van der Waals surface area contributed by atoms with Crippen LogP contribution < -0.4 is 16.8 Å². The lowest BCUT2D eigenvalue weighted by molar-refractivity contribution is -0.116. The molecule has 0 aromatic rings. The summed E-state index contributed by atoms with van der Waals surface area (Å²) in [6, 6.07) is -0.833. The van der Waals surface area contributed by atoms with Gasteiger partial charge in [-0.25, -0.2) is 4.79 Å². The van der Waals surface area contributed by atoms with Gasteiger partial charge in [0.15, 0.2) is 0 Å². The number of urea groups is 1. The van der Waals surface area contributed by atoms with Gasteiger partial charge in [-0.05, 0) is 19.4 Å². The van der Waals surface area contributed by atoms with Crippen LogP contribution in [0.3, 0.4) is 0 Å². The number of hydrogen-bond acceptors (Lipinski definition) is 2. The fourth-order valence-corrected chi connectivity index (χ4v) is 0.508. The first kappa shape index (κ1) is 14.7. The van der Waals surface area contributed by atoms with Crippen molar-refractivity contribution < 1.29 is 9.59 Å². The van der Waals surface area contributed by atoms with Gasteiger partial charge in [-0.15, -0.1) is 6.58 Å². The van der Waals surface area contributed by atoms with Crippen molar-refractivity contribution in [3.05, 3.63) is 24.8 Å². The van der Waals surface area contributed by atoms with Crippen LogP contribution in [0.5, 0.6) is 0 Å². The van der Waals surface area contributed by atoms with Crippen molar-refractivity contribution >= 4 is 11.9 Å². The number of allylic oxidation sites excluding steroid dienone is 1. The lowest BCUT2D eigenvalue weighted by Gasteiger charge is -1.96.